The molecule has 1 atom stereocenters. The smallest absolute Gasteiger partial charge is 0.228 e. The fourth-order valence-electron chi connectivity index (χ4n) is 2.42. The van der Waals surface area contributed by atoms with Crippen LogP contribution >= 0.6 is 0 Å². The van der Waals surface area contributed by atoms with E-state index in [0.29, 0.717) is 19.6 Å². The Morgan fingerprint density at radius 1 is 1.32 bits per heavy atom. The summed E-state index contributed by atoms with van der Waals surface area (Å²) in [6.45, 7) is 3.48. The molecule has 0 aliphatic carbocycles. The topological polar surface area (TPSA) is 78.5 Å². The molecule has 1 aromatic carbocycles. The number of hydrogen-bond acceptors (Lipinski definition) is 5. The van der Waals surface area contributed by atoms with Gasteiger partial charge < -0.3 is 15.5 Å². The molecule has 1 amide bonds. The first-order valence-electron chi connectivity index (χ1n) is 7.42. The first-order chi connectivity index (χ1) is 10.4. The van der Waals surface area contributed by atoms with E-state index in [1.54, 1.807) is 0 Å². The first kappa shape index (κ1) is 16.8. The van der Waals surface area contributed by atoms with Crippen LogP contribution in [0.1, 0.15) is 6.92 Å². The van der Waals surface area contributed by atoms with E-state index in [-0.39, 0.29) is 23.3 Å². The highest BCUT2D eigenvalue weighted by Crippen LogP contribution is 2.21. The maximum absolute atomic E-state index is 12.0. The predicted octanol–water partition coefficient (Wildman–Crippen LogP) is 0.715. The Balaban J connectivity index is 2.03. The molecular weight excluding hydrogens is 302 g/mol. The third-order valence-electron chi connectivity index (χ3n) is 3.78. The monoisotopic (exact) mass is 325 g/mol. The van der Waals surface area contributed by atoms with Crippen LogP contribution in [0.15, 0.2) is 24.3 Å². The molecule has 0 spiro atoms. The molecule has 122 valence electrons. The van der Waals surface area contributed by atoms with Gasteiger partial charge in [0, 0.05) is 36.9 Å². The number of amides is 1. The normalized spacial score (nSPS) is 18.7. The van der Waals surface area contributed by atoms with Crippen LogP contribution in [0.5, 0.6) is 0 Å². The number of sulfone groups is 1. The minimum absolute atomic E-state index is 0.0345. The summed E-state index contributed by atoms with van der Waals surface area (Å²) >= 11 is 0. The van der Waals surface area contributed by atoms with E-state index in [9.17, 15) is 13.2 Å². The Hall–Kier alpha value is -1.60. The van der Waals surface area contributed by atoms with E-state index in [2.05, 4.69) is 10.6 Å². The summed E-state index contributed by atoms with van der Waals surface area (Å²) in [4.78, 5) is 14.1. The van der Waals surface area contributed by atoms with E-state index in [4.69, 9.17) is 0 Å². The molecule has 0 radical (unpaired) electrons. The number of rotatable bonds is 5. The molecule has 1 saturated heterocycles. The Morgan fingerprint density at radius 2 is 2.00 bits per heavy atom. The van der Waals surface area contributed by atoms with Crippen LogP contribution < -0.4 is 15.5 Å². The number of hydrogen-bond donors (Lipinski definition) is 2. The first-order valence-corrected chi connectivity index (χ1v) is 9.24. The van der Waals surface area contributed by atoms with Gasteiger partial charge in [-0.15, -0.1) is 0 Å². The summed E-state index contributed by atoms with van der Waals surface area (Å²) in [5.74, 6) is 0.215. The maximum Gasteiger partial charge on any atom is 0.228 e. The summed E-state index contributed by atoms with van der Waals surface area (Å²) in [7, 11) is -1.07. The van der Waals surface area contributed by atoms with Crippen molar-refractivity contribution in [2.75, 3.05) is 48.4 Å². The standard InChI is InChI=1S/C15H23N3O3S/c1-12(11-16-2)15(19)17-13-4-3-5-14(10-13)18-6-8-22(20,21)9-7-18/h3-5,10,12,16H,6-9,11H2,1-2H3,(H,17,19). The van der Waals surface area contributed by atoms with Crippen LogP contribution in [0.3, 0.4) is 0 Å². The van der Waals surface area contributed by atoms with Crippen molar-refractivity contribution >= 4 is 27.1 Å². The zero-order valence-electron chi connectivity index (χ0n) is 13.0. The second-order valence-electron chi connectivity index (χ2n) is 5.64. The van der Waals surface area contributed by atoms with Gasteiger partial charge in [-0.2, -0.15) is 0 Å². The van der Waals surface area contributed by atoms with Crippen LogP contribution in [0, 0.1) is 5.92 Å². The summed E-state index contributed by atoms with van der Waals surface area (Å²) in [6.07, 6.45) is 0. The van der Waals surface area contributed by atoms with Crippen molar-refractivity contribution in [1.82, 2.24) is 5.32 Å². The minimum Gasteiger partial charge on any atom is -0.369 e. The van der Waals surface area contributed by atoms with Gasteiger partial charge in [0.15, 0.2) is 9.84 Å². The molecule has 22 heavy (non-hydrogen) atoms. The van der Waals surface area contributed by atoms with Gasteiger partial charge >= 0.3 is 0 Å². The predicted molar refractivity (Wildman–Crippen MR) is 89.0 cm³/mol. The molecule has 6 nitrogen and oxygen atoms in total. The molecule has 0 saturated carbocycles. The van der Waals surface area contributed by atoms with Gasteiger partial charge in [0.05, 0.1) is 11.5 Å². The van der Waals surface area contributed by atoms with E-state index >= 15 is 0 Å². The number of nitrogens with zero attached hydrogens (tertiary/aromatic N) is 1. The third-order valence-corrected chi connectivity index (χ3v) is 5.39. The zero-order chi connectivity index (χ0) is 16.2. The third kappa shape index (κ3) is 4.45. The molecule has 1 aliphatic heterocycles. The van der Waals surface area contributed by atoms with Gasteiger partial charge in [-0.3, -0.25) is 4.79 Å². The van der Waals surface area contributed by atoms with Gasteiger partial charge in [0.1, 0.15) is 0 Å². The average molecular weight is 325 g/mol. The highest BCUT2D eigenvalue weighted by Gasteiger charge is 2.22. The number of anilines is 2. The Kier molecular flexibility index (Phi) is 5.42. The summed E-state index contributed by atoms with van der Waals surface area (Å²) < 4.78 is 23.0. The molecule has 7 heteroatoms. The second kappa shape index (κ2) is 7.11. The fraction of sp³-hybridized carbons (Fsp3) is 0.533. The molecule has 1 aromatic rings. The van der Waals surface area contributed by atoms with Crippen LogP contribution in [-0.2, 0) is 14.6 Å². The molecule has 2 rings (SSSR count). The second-order valence-corrected chi connectivity index (χ2v) is 7.94. The Morgan fingerprint density at radius 3 is 2.64 bits per heavy atom. The van der Waals surface area contributed by atoms with Crippen molar-refractivity contribution < 1.29 is 13.2 Å². The van der Waals surface area contributed by atoms with Crippen molar-refractivity contribution in [1.29, 1.82) is 0 Å². The summed E-state index contributed by atoms with van der Waals surface area (Å²) in [6, 6.07) is 7.54. The van der Waals surface area contributed by atoms with Crippen LogP contribution in [0.2, 0.25) is 0 Å². The number of benzene rings is 1. The maximum atomic E-state index is 12.0. The van der Waals surface area contributed by atoms with E-state index in [1.165, 1.54) is 0 Å². The van der Waals surface area contributed by atoms with Gasteiger partial charge in [0.2, 0.25) is 5.91 Å². The lowest BCUT2D eigenvalue weighted by Crippen LogP contribution is -2.40. The molecule has 1 aliphatic rings. The van der Waals surface area contributed by atoms with Gasteiger partial charge in [-0.05, 0) is 25.2 Å². The highest BCUT2D eigenvalue weighted by atomic mass is 32.2. The van der Waals surface area contributed by atoms with Crippen molar-refractivity contribution in [3.8, 4) is 0 Å². The number of carbonyl (C=O) groups excluding carboxylic acids is 1. The fourth-order valence-corrected chi connectivity index (χ4v) is 3.62. The number of carbonyl (C=O) groups is 1. The minimum atomic E-state index is -2.89. The van der Waals surface area contributed by atoms with Gasteiger partial charge in [-0.1, -0.05) is 13.0 Å². The van der Waals surface area contributed by atoms with Crippen molar-refractivity contribution in [2.24, 2.45) is 5.92 Å². The molecule has 2 N–H and O–H groups in total. The van der Waals surface area contributed by atoms with Crippen molar-refractivity contribution in [3.63, 3.8) is 0 Å². The molecule has 0 aromatic heterocycles. The average Bonchev–Trinajstić information content (AvgIpc) is 2.47. The molecule has 1 unspecified atom stereocenters. The quantitative estimate of drug-likeness (QED) is 0.834. The van der Waals surface area contributed by atoms with Crippen LogP contribution in [0.4, 0.5) is 11.4 Å². The van der Waals surface area contributed by atoms with Crippen LogP contribution in [0.25, 0.3) is 0 Å². The molecular formula is C15H23N3O3S. The summed E-state index contributed by atoms with van der Waals surface area (Å²) in [5.41, 5.74) is 1.67. The Labute approximate surface area is 131 Å². The lowest BCUT2D eigenvalue weighted by atomic mass is 10.1. The molecule has 1 heterocycles. The lowest BCUT2D eigenvalue weighted by Gasteiger charge is -2.29. The highest BCUT2D eigenvalue weighted by molar-refractivity contribution is 7.91. The van der Waals surface area contributed by atoms with Gasteiger partial charge in [-0.25, -0.2) is 8.42 Å². The SMILES string of the molecule is CNCC(C)C(=O)Nc1cccc(N2CCS(=O)(=O)CC2)c1. The Bertz CT molecular complexity index is 617. The van der Waals surface area contributed by atoms with E-state index < -0.39 is 9.84 Å². The molecule has 0 bridgehead atoms. The van der Waals surface area contributed by atoms with Gasteiger partial charge in [0.25, 0.3) is 0 Å². The largest absolute Gasteiger partial charge is 0.369 e. The van der Waals surface area contributed by atoms with Crippen molar-refractivity contribution in [3.05, 3.63) is 24.3 Å². The van der Waals surface area contributed by atoms with Crippen molar-refractivity contribution in [2.45, 2.75) is 6.92 Å². The van der Waals surface area contributed by atoms with Crippen LogP contribution in [-0.4, -0.2) is 52.5 Å². The summed E-state index contributed by atoms with van der Waals surface area (Å²) in [5, 5.41) is 5.88. The van der Waals surface area contributed by atoms with E-state index in [1.807, 2.05) is 43.1 Å². The zero-order valence-corrected chi connectivity index (χ0v) is 13.8. The lowest BCUT2D eigenvalue weighted by molar-refractivity contribution is -0.119. The molecule has 1 fully saturated rings. The number of nitrogens with one attached hydrogen (secondary N) is 2. The van der Waals surface area contributed by atoms with E-state index in [0.717, 1.165) is 11.4 Å².